The highest BCUT2D eigenvalue weighted by molar-refractivity contribution is 7.90. The predicted molar refractivity (Wildman–Crippen MR) is 111 cm³/mol. The van der Waals surface area contributed by atoms with Gasteiger partial charge in [0.2, 0.25) is 15.6 Å². The highest BCUT2D eigenvalue weighted by Crippen LogP contribution is 2.35. The molecule has 2 rings (SSSR count). The first-order valence-electron chi connectivity index (χ1n) is 9.85. The number of rotatable bonds is 7. The van der Waals surface area contributed by atoms with E-state index in [2.05, 4.69) is 4.74 Å². The van der Waals surface area contributed by atoms with E-state index in [0.717, 1.165) is 22.5 Å². The molecule has 35 heavy (non-hydrogen) atoms. The van der Waals surface area contributed by atoms with E-state index in [4.69, 9.17) is 11.6 Å². The Morgan fingerprint density at radius 1 is 1.09 bits per heavy atom. The Morgan fingerprint density at radius 3 is 2.11 bits per heavy atom. The molecule has 1 saturated heterocycles. The van der Waals surface area contributed by atoms with Crippen LogP contribution < -0.4 is 4.72 Å². The maximum Gasteiger partial charge on any atom is 0.511 e. The molecular weight excluding hydrogens is 554 g/mol. The minimum Gasteiger partial charge on any atom is -0.446 e. The fourth-order valence-electron chi connectivity index (χ4n) is 3.03. The SMILES string of the molecule is CC(C)(OC(=O)c1cc(Cl)ccc1S(=O)(=O)N1CCC(CNS(=O)(=O)C(F)(F)F)CC1)C(F)(F)F. The van der Waals surface area contributed by atoms with Crippen LogP contribution in [0.3, 0.4) is 0 Å². The van der Waals surface area contributed by atoms with Crippen molar-refractivity contribution in [1.82, 2.24) is 9.03 Å². The molecule has 0 atom stereocenters. The molecule has 1 aromatic carbocycles. The van der Waals surface area contributed by atoms with Gasteiger partial charge in [0.15, 0.2) is 0 Å². The van der Waals surface area contributed by atoms with E-state index in [1.165, 1.54) is 4.72 Å². The number of sulfonamides is 2. The van der Waals surface area contributed by atoms with Crippen LogP contribution in [-0.4, -0.2) is 64.0 Å². The maximum atomic E-state index is 13.1. The number of hydrogen-bond acceptors (Lipinski definition) is 6. The standard InChI is InChI=1S/C18H21ClF6N2O6S2/c1-16(2,17(20,21)22)33-15(28)13-9-12(19)3-4-14(13)34(29,30)27-7-5-11(6-8-27)10-26-35(31,32)18(23,24)25/h3-4,9,11,26H,5-8,10H2,1-2H3. The molecule has 8 nitrogen and oxygen atoms in total. The molecule has 1 fully saturated rings. The van der Waals surface area contributed by atoms with Crippen LogP contribution >= 0.6 is 11.6 Å². The van der Waals surface area contributed by atoms with Crippen LogP contribution in [-0.2, 0) is 24.8 Å². The van der Waals surface area contributed by atoms with Crippen LogP contribution in [0.4, 0.5) is 26.3 Å². The van der Waals surface area contributed by atoms with Gasteiger partial charge >= 0.3 is 27.7 Å². The van der Waals surface area contributed by atoms with Gasteiger partial charge in [0.1, 0.15) is 0 Å². The lowest BCUT2D eigenvalue weighted by atomic mass is 9.99. The average Bonchev–Trinajstić information content (AvgIpc) is 2.70. The fraction of sp³-hybridized carbons (Fsp3) is 0.611. The summed E-state index contributed by atoms with van der Waals surface area (Å²) in [4.78, 5) is 11.8. The molecular formula is C18H21ClF6N2O6S2. The molecule has 0 spiro atoms. The van der Waals surface area contributed by atoms with Gasteiger partial charge < -0.3 is 4.74 Å². The highest BCUT2D eigenvalue weighted by atomic mass is 35.5. The maximum absolute atomic E-state index is 13.1. The van der Waals surface area contributed by atoms with Crippen LogP contribution in [0.25, 0.3) is 0 Å². The number of nitrogens with zero attached hydrogens (tertiary/aromatic N) is 1. The first kappa shape index (κ1) is 29.6. The fourth-order valence-corrected chi connectivity index (χ4v) is 5.45. The van der Waals surface area contributed by atoms with Crippen LogP contribution in [0.15, 0.2) is 23.1 Å². The van der Waals surface area contributed by atoms with Crippen molar-refractivity contribution in [3.05, 3.63) is 28.8 Å². The molecule has 17 heteroatoms. The molecule has 1 aliphatic rings. The van der Waals surface area contributed by atoms with Gasteiger partial charge in [-0.05, 0) is 50.8 Å². The summed E-state index contributed by atoms with van der Waals surface area (Å²) >= 11 is 5.81. The lowest BCUT2D eigenvalue weighted by molar-refractivity contribution is -0.244. The van der Waals surface area contributed by atoms with E-state index in [-0.39, 0.29) is 31.0 Å². The minimum atomic E-state index is -5.55. The summed E-state index contributed by atoms with van der Waals surface area (Å²) in [6.45, 7) is 0.113. The second kappa shape index (κ2) is 10.0. The monoisotopic (exact) mass is 574 g/mol. The van der Waals surface area contributed by atoms with E-state index in [1.54, 1.807) is 0 Å². The first-order chi connectivity index (χ1) is 15.7. The zero-order chi connectivity index (χ0) is 27.0. The minimum absolute atomic E-state index is 0.0198. The number of piperidine rings is 1. The second-order valence-electron chi connectivity index (χ2n) is 8.18. The van der Waals surface area contributed by atoms with Crippen LogP contribution in [0.1, 0.15) is 37.0 Å². The van der Waals surface area contributed by atoms with Gasteiger partial charge in [-0.3, -0.25) is 0 Å². The Labute approximate surface area is 202 Å². The van der Waals surface area contributed by atoms with Gasteiger partial charge in [0.05, 0.1) is 10.5 Å². The molecule has 1 aliphatic heterocycles. The molecule has 0 saturated carbocycles. The van der Waals surface area contributed by atoms with E-state index in [0.29, 0.717) is 13.8 Å². The van der Waals surface area contributed by atoms with Gasteiger partial charge in [-0.1, -0.05) is 11.6 Å². The van der Waals surface area contributed by atoms with Crippen LogP contribution in [0.2, 0.25) is 5.02 Å². The largest absolute Gasteiger partial charge is 0.511 e. The molecule has 1 aromatic rings. The van der Waals surface area contributed by atoms with Gasteiger partial charge in [-0.25, -0.2) is 26.4 Å². The Morgan fingerprint density at radius 2 is 1.63 bits per heavy atom. The van der Waals surface area contributed by atoms with Crippen molar-refractivity contribution in [3.63, 3.8) is 0 Å². The van der Waals surface area contributed by atoms with Crippen molar-refractivity contribution in [1.29, 1.82) is 0 Å². The number of esters is 1. The molecule has 1 heterocycles. The highest BCUT2D eigenvalue weighted by Gasteiger charge is 2.51. The lowest BCUT2D eigenvalue weighted by Gasteiger charge is -2.32. The quantitative estimate of drug-likeness (QED) is 0.393. The van der Waals surface area contributed by atoms with Crippen molar-refractivity contribution in [2.45, 2.75) is 48.9 Å². The molecule has 0 aromatic heterocycles. The van der Waals surface area contributed by atoms with Crippen LogP contribution in [0.5, 0.6) is 0 Å². The normalized spacial score (nSPS) is 17.4. The van der Waals surface area contributed by atoms with Crippen LogP contribution in [0, 0.1) is 5.92 Å². The summed E-state index contributed by atoms with van der Waals surface area (Å²) in [5.74, 6) is -2.19. The summed E-state index contributed by atoms with van der Waals surface area (Å²) in [5.41, 5.74) is -9.15. The van der Waals surface area contributed by atoms with Crippen molar-refractivity contribution in [3.8, 4) is 0 Å². The number of alkyl halides is 6. The Balaban J connectivity index is 2.20. The summed E-state index contributed by atoms with van der Waals surface area (Å²) in [7, 11) is -10.0. The predicted octanol–water partition coefficient (Wildman–Crippen LogP) is 3.68. The van der Waals surface area contributed by atoms with Crippen molar-refractivity contribution in [2.24, 2.45) is 5.92 Å². The van der Waals surface area contributed by atoms with Crippen molar-refractivity contribution in [2.75, 3.05) is 19.6 Å². The van der Waals surface area contributed by atoms with Gasteiger partial charge in [-0.2, -0.15) is 30.6 Å². The zero-order valence-electron chi connectivity index (χ0n) is 18.2. The smallest absolute Gasteiger partial charge is 0.446 e. The third-order valence-electron chi connectivity index (χ3n) is 5.25. The number of benzene rings is 1. The summed E-state index contributed by atoms with van der Waals surface area (Å²) in [6, 6.07) is 2.89. The van der Waals surface area contributed by atoms with Gasteiger partial charge in [0.25, 0.3) is 0 Å². The third-order valence-corrected chi connectivity index (χ3v) is 8.60. The number of halogens is 7. The summed E-state index contributed by atoms with van der Waals surface area (Å²) in [5, 5.41) is -0.142. The zero-order valence-corrected chi connectivity index (χ0v) is 20.6. The molecule has 0 aliphatic carbocycles. The Kier molecular flexibility index (Phi) is 8.49. The van der Waals surface area contributed by atoms with E-state index in [1.807, 2.05) is 0 Å². The summed E-state index contributed by atoms with van der Waals surface area (Å²) in [6.07, 6.45) is -4.99. The Bertz CT molecular complexity index is 1160. The van der Waals surface area contributed by atoms with Crippen molar-refractivity contribution < 1.29 is 52.7 Å². The molecule has 0 unspecified atom stereocenters. The molecule has 0 radical (unpaired) electrons. The second-order valence-corrected chi connectivity index (χ2v) is 12.3. The first-order valence-corrected chi connectivity index (χ1v) is 13.1. The number of carbonyl (C=O) groups excluding carboxylic acids is 1. The Hall–Kier alpha value is -1.62. The van der Waals surface area contributed by atoms with Gasteiger partial charge in [-0.15, -0.1) is 0 Å². The number of hydrogen-bond donors (Lipinski definition) is 1. The molecule has 200 valence electrons. The topological polar surface area (TPSA) is 110 Å². The number of ether oxygens (including phenoxy) is 1. The molecule has 0 bridgehead atoms. The van der Waals surface area contributed by atoms with E-state index in [9.17, 15) is 48.0 Å². The number of nitrogens with one attached hydrogen (secondary N) is 1. The average molecular weight is 575 g/mol. The third kappa shape index (κ3) is 6.78. The van der Waals surface area contributed by atoms with E-state index < -0.39 is 66.2 Å². The summed E-state index contributed by atoms with van der Waals surface area (Å²) < 4.78 is 132. The molecule has 0 amide bonds. The van der Waals surface area contributed by atoms with Gasteiger partial charge in [0, 0.05) is 24.7 Å². The molecule has 1 N–H and O–H groups in total. The lowest BCUT2D eigenvalue weighted by Crippen LogP contribution is -2.44. The van der Waals surface area contributed by atoms with Crippen molar-refractivity contribution >= 4 is 37.6 Å². The van der Waals surface area contributed by atoms with E-state index >= 15 is 0 Å². The number of carbonyl (C=O) groups is 1.